The third kappa shape index (κ3) is 4.55. The second kappa shape index (κ2) is 11.2. The van der Waals surface area contributed by atoms with E-state index in [1.54, 1.807) is 0 Å². The quantitative estimate of drug-likeness (QED) is 0.186. The fourth-order valence-electron chi connectivity index (χ4n) is 7.37. The Morgan fingerprint density at radius 1 is 0.449 bits per heavy atom. The molecule has 0 spiro atoms. The Labute approximate surface area is 287 Å². The second-order valence-corrected chi connectivity index (χ2v) is 13.5. The molecular formula is C46H29NOS. The van der Waals surface area contributed by atoms with Crippen molar-refractivity contribution in [3.8, 4) is 22.3 Å². The van der Waals surface area contributed by atoms with Crippen molar-refractivity contribution in [1.29, 1.82) is 0 Å². The first-order valence-corrected chi connectivity index (χ1v) is 17.4. The van der Waals surface area contributed by atoms with E-state index in [-0.39, 0.29) is 0 Å². The van der Waals surface area contributed by atoms with Crippen LogP contribution in [0.1, 0.15) is 0 Å². The van der Waals surface area contributed by atoms with Gasteiger partial charge in [0.25, 0.3) is 0 Å². The minimum atomic E-state index is 0.876. The van der Waals surface area contributed by atoms with Crippen LogP contribution in [0.2, 0.25) is 0 Å². The van der Waals surface area contributed by atoms with Crippen molar-refractivity contribution in [2.75, 3.05) is 4.90 Å². The number of hydrogen-bond acceptors (Lipinski definition) is 3. The van der Waals surface area contributed by atoms with Crippen LogP contribution in [0.15, 0.2) is 180 Å². The number of anilines is 3. The summed E-state index contributed by atoms with van der Waals surface area (Å²) < 4.78 is 9.28. The zero-order valence-electron chi connectivity index (χ0n) is 26.5. The van der Waals surface area contributed by atoms with E-state index in [0.717, 1.165) is 44.4 Å². The molecule has 0 radical (unpaired) electrons. The van der Waals surface area contributed by atoms with Crippen LogP contribution in [0.3, 0.4) is 0 Å². The van der Waals surface area contributed by atoms with Gasteiger partial charge in [-0.05, 0) is 76.2 Å². The molecule has 49 heavy (non-hydrogen) atoms. The maximum Gasteiger partial charge on any atom is 0.143 e. The third-order valence-electron chi connectivity index (χ3n) is 9.66. The number of benzene rings is 8. The molecule has 2 heterocycles. The van der Waals surface area contributed by atoms with Gasteiger partial charge in [0.1, 0.15) is 11.2 Å². The van der Waals surface area contributed by atoms with E-state index in [4.69, 9.17) is 4.42 Å². The summed E-state index contributed by atoms with van der Waals surface area (Å²) in [7, 11) is 0. The Morgan fingerprint density at radius 3 is 2.06 bits per heavy atom. The van der Waals surface area contributed by atoms with Gasteiger partial charge in [-0.25, -0.2) is 0 Å². The molecule has 230 valence electrons. The molecule has 0 saturated carbocycles. The van der Waals surface area contributed by atoms with Gasteiger partial charge in [0.15, 0.2) is 0 Å². The standard InChI is InChI=1S/C46H29NOS/c1-2-11-30(12-3-1)31-23-26-34(27-24-31)47(41-20-10-21-42-44(41)40-28-25-32-13-4-5-16-36(32)45(40)48-42)35-15-8-14-33(29-35)37-18-9-19-39-38-17-6-7-22-43(38)49-46(37)39/h1-29H. The molecule has 0 atom stereocenters. The summed E-state index contributed by atoms with van der Waals surface area (Å²) in [5, 5.41) is 7.13. The van der Waals surface area contributed by atoms with Crippen LogP contribution in [-0.4, -0.2) is 0 Å². The predicted molar refractivity (Wildman–Crippen MR) is 210 cm³/mol. The molecule has 10 aromatic rings. The topological polar surface area (TPSA) is 16.4 Å². The van der Waals surface area contributed by atoms with E-state index in [1.165, 1.54) is 47.8 Å². The van der Waals surface area contributed by atoms with Crippen molar-refractivity contribution in [2.45, 2.75) is 0 Å². The summed E-state index contributed by atoms with van der Waals surface area (Å²) in [6.45, 7) is 0. The molecule has 0 aliphatic rings. The summed E-state index contributed by atoms with van der Waals surface area (Å²) in [5.74, 6) is 0. The molecule has 0 bridgehead atoms. The lowest BCUT2D eigenvalue weighted by Gasteiger charge is -2.27. The Balaban J connectivity index is 1.20. The van der Waals surface area contributed by atoms with E-state index in [9.17, 15) is 0 Å². The minimum absolute atomic E-state index is 0.876. The predicted octanol–water partition coefficient (Wildman–Crippen LogP) is 13.9. The molecule has 0 aliphatic heterocycles. The summed E-state index contributed by atoms with van der Waals surface area (Å²) in [6.07, 6.45) is 0. The van der Waals surface area contributed by atoms with Crippen LogP contribution >= 0.6 is 11.3 Å². The number of hydrogen-bond donors (Lipinski definition) is 0. The molecule has 2 aromatic heterocycles. The van der Waals surface area contributed by atoms with Gasteiger partial charge in [-0.1, -0.05) is 127 Å². The average molecular weight is 644 g/mol. The molecule has 0 unspecified atom stereocenters. The van der Waals surface area contributed by atoms with Crippen molar-refractivity contribution in [2.24, 2.45) is 0 Å². The Hall–Kier alpha value is -6.16. The molecule has 2 nitrogen and oxygen atoms in total. The molecule has 8 aromatic carbocycles. The fourth-order valence-corrected chi connectivity index (χ4v) is 8.61. The molecule has 0 saturated heterocycles. The zero-order valence-corrected chi connectivity index (χ0v) is 27.3. The van der Waals surface area contributed by atoms with E-state index in [2.05, 4.69) is 181 Å². The monoisotopic (exact) mass is 643 g/mol. The number of rotatable bonds is 5. The third-order valence-corrected chi connectivity index (χ3v) is 10.9. The summed E-state index contributed by atoms with van der Waals surface area (Å²) >= 11 is 1.87. The van der Waals surface area contributed by atoms with Crippen molar-refractivity contribution in [3.63, 3.8) is 0 Å². The van der Waals surface area contributed by atoms with Gasteiger partial charge in [-0.2, -0.15) is 0 Å². The maximum atomic E-state index is 6.65. The first-order chi connectivity index (χ1) is 24.3. The van der Waals surface area contributed by atoms with Crippen LogP contribution in [0, 0.1) is 0 Å². The largest absolute Gasteiger partial charge is 0.455 e. The van der Waals surface area contributed by atoms with Crippen LogP contribution in [0.5, 0.6) is 0 Å². The van der Waals surface area contributed by atoms with Gasteiger partial charge in [-0.3, -0.25) is 0 Å². The van der Waals surface area contributed by atoms with Gasteiger partial charge in [0, 0.05) is 42.3 Å². The smallest absolute Gasteiger partial charge is 0.143 e. The first-order valence-electron chi connectivity index (χ1n) is 16.6. The Bertz CT molecular complexity index is 2830. The molecule has 0 fully saturated rings. The lowest BCUT2D eigenvalue weighted by atomic mass is 10.0. The lowest BCUT2D eigenvalue weighted by molar-refractivity contribution is 0.672. The van der Waals surface area contributed by atoms with Gasteiger partial charge < -0.3 is 9.32 Å². The average Bonchev–Trinajstić information content (AvgIpc) is 3.75. The van der Waals surface area contributed by atoms with Gasteiger partial charge in [-0.15, -0.1) is 11.3 Å². The normalized spacial score (nSPS) is 11.7. The Morgan fingerprint density at radius 2 is 1.16 bits per heavy atom. The van der Waals surface area contributed by atoms with Crippen molar-refractivity contribution >= 4 is 81.3 Å². The maximum absolute atomic E-state index is 6.65. The van der Waals surface area contributed by atoms with Crippen molar-refractivity contribution in [1.82, 2.24) is 0 Å². The van der Waals surface area contributed by atoms with E-state index in [1.807, 2.05) is 11.3 Å². The highest BCUT2D eigenvalue weighted by Gasteiger charge is 2.21. The highest BCUT2D eigenvalue weighted by Crippen LogP contribution is 2.46. The van der Waals surface area contributed by atoms with Gasteiger partial charge >= 0.3 is 0 Å². The van der Waals surface area contributed by atoms with Crippen LogP contribution in [-0.2, 0) is 0 Å². The highest BCUT2D eigenvalue weighted by molar-refractivity contribution is 7.26. The zero-order chi connectivity index (χ0) is 32.3. The van der Waals surface area contributed by atoms with Crippen LogP contribution < -0.4 is 4.90 Å². The minimum Gasteiger partial charge on any atom is -0.455 e. The molecule has 10 rings (SSSR count). The Kier molecular flexibility index (Phi) is 6.39. The second-order valence-electron chi connectivity index (χ2n) is 12.5. The van der Waals surface area contributed by atoms with E-state index >= 15 is 0 Å². The molecule has 0 amide bonds. The van der Waals surface area contributed by atoms with E-state index in [0.29, 0.717) is 0 Å². The van der Waals surface area contributed by atoms with Gasteiger partial charge in [0.05, 0.1) is 11.1 Å². The van der Waals surface area contributed by atoms with Crippen molar-refractivity contribution in [3.05, 3.63) is 176 Å². The number of nitrogens with zero attached hydrogens (tertiary/aromatic N) is 1. The fraction of sp³-hybridized carbons (Fsp3) is 0. The molecule has 3 heteroatoms. The van der Waals surface area contributed by atoms with E-state index < -0.39 is 0 Å². The van der Waals surface area contributed by atoms with Crippen LogP contribution in [0.4, 0.5) is 17.1 Å². The number of thiophene rings is 1. The lowest BCUT2D eigenvalue weighted by Crippen LogP contribution is -2.10. The highest BCUT2D eigenvalue weighted by atomic mass is 32.1. The summed E-state index contributed by atoms with van der Waals surface area (Å²) in [6, 6.07) is 63.1. The molecule has 0 N–H and O–H groups in total. The van der Waals surface area contributed by atoms with Crippen molar-refractivity contribution < 1.29 is 4.42 Å². The molecule has 0 aliphatic carbocycles. The SMILES string of the molecule is c1ccc(-c2ccc(N(c3cccc(-c4cccc5c4sc4ccccc45)c3)c3cccc4oc5c6ccccc6ccc5c34)cc2)cc1. The molecular weight excluding hydrogens is 615 g/mol. The first kappa shape index (κ1) is 27.9. The van der Waals surface area contributed by atoms with Gasteiger partial charge in [0.2, 0.25) is 0 Å². The van der Waals surface area contributed by atoms with Crippen LogP contribution in [0.25, 0.3) is 75.1 Å². The number of furan rings is 1. The number of fused-ring (bicyclic) bond motifs is 8. The summed E-state index contributed by atoms with van der Waals surface area (Å²) in [5.41, 5.74) is 9.88. The summed E-state index contributed by atoms with van der Waals surface area (Å²) in [4.78, 5) is 2.38.